The predicted octanol–water partition coefficient (Wildman–Crippen LogP) is 3.10. The smallest absolute Gasteiger partial charge is 0.169 e. The molecule has 4 heteroatoms. The summed E-state index contributed by atoms with van der Waals surface area (Å²) in [7, 11) is 0. The molecule has 1 heterocycles. The maximum Gasteiger partial charge on any atom is 0.169 e. The molecule has 1 fully saturated rings. The van der Waals surface area contributed by atoms with Crippen LogP contribution in [0.5, 0.6) is 0 Å². The zero-order valence-electron chi connectivity index (χ0n) is 10.9. The first-order chi connectivity index (χ1) is 8.33. The summed E-state index contributed by atoms with van der Waals surface area (Å²) in [6, 6.07) is 0. The highest BCUT2D eigenvalue weighted by atomic mass is 15.4. The summed E-state index contributed by atoms with van der Waals surface area (Å²) in [6.07, 6.45) is 10.4. The molecule has 0 saturated heterocycles. The Bertz CT molecular complexity index is 341. The van der Waals surface area contributed by atoms with Gasteiger partial charge in [0.2, 0.25) is 0 Å². The first kappa shape index (κ1) is 12.4. The number of anilines is 1. The van der Waals surface area contributed by atoms with Gasteiger partial charge >= 0.3 is 0 Å². The molecule has 96 valence electrons. The molecule has 1 saturated carbocycles. The van der Waals surface area contributed by atoms with Crippen molar-refractivity contribution in [2.45, 2.75) is 70.8 Å². The van der Waals surface area contributed by atoms with Gasteiger partial charge in [-0.25, -0.2) is 4.68 Å². The SMILES string of the molecule is CCCCCCCCn1nnc(N)c1C1CC1. The van der Waals surface area contributed by atoms with Crippen LogP contribution in [0.2, 0.25) is 0 Å². The molecule has 1 aromatic rings. The minimum atomic E-state index is 0.644. The Morgan fingerprint density at radius 1 is 1.18 bits per heavy atom. The topological polar surface area (TPSA) is 56.7 Å². The Morgan fingerprint density at radius 3 is 2.59 bits per heavy atom. The average Bonchev–Trinajstić information content (AvgIpc) is 3.09. The minimum Gasteiger partial charge on any atom is -0.381 e. The van der Waals surface area contributed by atoms with Crippen molar-refractivity contribution in [3.63, 3.8) is 0 Å². The van der Waals surface area contributed by atoms with E-state index in [1.54, 1.807) is 0 Å². The van der Waals surface area contributed by atoms with Gasteiger partial charge in [-0.3, -0.25) is 0 Å². The van der Waals surface area contributed by atoms with Gasteiger partial charge in [-0.05, 0) is 19.3 Å². The molecule has 1 aliphatic carbocycles. The van der Waals surface area contributed by atoms with Crippen molar-refractivity contribution in [1.82, 2.24) is 15.0 Å². The zero-order chi connectivity index (χ0) is 12.1. The first-order valence-electron chi connectivity index (χ1n) is 7.01. The van der Waals surface area contributed by atoms with Gasteiger partial charge in [0.25, 0.3) is 0 Å². The predicted molar refractivity (Wildman–Crippen MR) is 69.8 cm³/mol. The summed E-state index contributed by atoms with van der Waals surface area (Å²) in [5.74, 6) is 1.29. The molecule has 0 spiro atoms. The molecule has 0 aliphatic heterocycles. The van der Waals surface area contributed by atoms with E-state index >= 15 is 0 Å². The molecule has 0 amide bonds. The van der Waals surface area contributed by atoms with E-state index in [9.17, 15) is 0 Å². The lowest BCUT2D eigenvalue weighted by molar-refractivity contribution is 0.503. The van der Waals surface area contributed by atoms with Gasteiger partial charge in [0.05, 0.1) is 5.69 Å². The van der Waals surface area contributed by atoms with Gasteiger partial charge in [0.1, 0.15) is 0 Å². The number of rotatable bonds is 8. The van der Waals surface area contributed by atoms with Gasteiger partial charge in [0, 0.05) is 12.5 Å². The van der Waals surface area contributed by atoms with Gasteiger partial charge in [-0.2, -0.15) is 0 Å². The first-order valence-corrected chi connectivity index (χ1v) is 7.01. The van der Waals surface area contributed by atoms with Crippen molar-refractivity contribution < 1.29 is 0 Å². The molecule has 2 rings (SSSR count). The van der Waals surface area contributed by atoms with E-state index in [1.807, 2.05) is 4.68 Å². The summed E-state index contributed by atoms with van der Waals surface area (Å²) < 4.78 is 2.03. The second kappa shape index (κ2) is 6.03. The number of nitrogen functional groups attached to an aromatic ring is 1. The fourth-order valence-corrected chi connectivity index (χ4v) is 2.32. The molecular weight excluding hydrogens is 212 g/mol. The highest BCUT2D eigenvalue weighted by Gasteiger charge is 2.30. The number of hydrogen-bond donors (Lipinski definition) is 1. The lowest BCUT2D eigenvalue weighted by atomic mass is 10.1. The van der Waals surface area contributed by atoms with Gasteiger partial charge in [-0.1, -0.05) is 44.2 Å². The van der Waals surface area contributed by atoms with E-state index in [-0.39, 0.29) is 0 Å². The lowest BCUT2D eigenvalue weighted by Gasteiger charge is -2.05. The van der Waals surface area contributed by atoms with Crippen LogP contribution in [0.4, 0.5) is 5.82 Å². The lowest BCUT2D eigenvalue weighted by Crippen LogP contribution is -2.05. The van der Waals surface area contributed by atoms with Crippen LogP contribution in [-0.4, -0.2) is 15.0 Å². The Labute approximate surface area is 104 Å². The minimum absolute atomic E-state index is 0.644. The molecule has 0 bridgehead atoms. The molecule has 0 radical (unpaired) electrons. The van der Waals surface area contributed by atoms with Crippen molar-refractivity contribution in [2.75, 3.05) is 5.73 Å². The molecule has 0 aromatic carbocycles. The highest BCUT2D eigenvalue weighted by molar-refractivity contribution is 5.38. The molecule has 2 N–H and O–H groups in total. The monoisotopic (exact) mass is 236 g/mol. The summed E-state index contributed by atoms with van der Waals surface area (Å²) in [5.41, 5.74) is 7.05. The third kappa shape index (κ3) is 3.45. The van der Waals surface area contributed by atoms with E-state index < -0.39 is 0 Å². The van der Waals surface area contributed by atoms with Crippen LogP contribution in [0.15, 0.2) is 0 Å². The van der Waals surface area contributed by atoms with Crippen molar-refractivity contribution in [1.29, 1.82) is 0 Å². The van der Waals surface area contributed by atoms with Crippen molar-refractivity contribution in [2.24, 2.45) is 0 Å². The summed E-state index contributed by atoms with van der Waals surface area (Å²) in [5, 5.41) is 8.15. The van der Waals surface area contributed by atoms with E-state index in [0.29, 0.717) is 11.7 Å². The number of nitrogens with zero attached hydrogens (tertiary/aromatic N) is 3. The quantitative estimate of drug-likeness (QED) is 0.706. The summed E-state index contributed by atoms with van der Waals surface area (Å²) in [4.78, 5) is 0. The number of aryl methyl sites for hydroxylation is 1. The van der Waals surface area contributed by atoms with Crippen LogP contribution in [-0.2, 0) is 6.54 Å². The largest absolute Gasteiger partial charge is 0.381 e. The maximum absolute atomic E-state index is 5.86. The van der Waals surface area contributed by atoms with E-state index in [0.717, 1.165) is 6.54 Å². The normalized spacial score (nSPS) is 15.4. The number of hydrogen-bond acceptors (Lipinski definition) is 3. The maximum atomic E-state index is 5.86. The van der Waals surface area contributed by atoms with Crippen LogP contribution in [0.25, 0.3) is 0 Å². The number of aromatic nitrogens is 3. The molecule has 1 aliphatic rings. The number of unbranched alkanes of at least 4 members (excludes halogenated alkanes) is 5. The molecule has 17 heavy (non-hydrogen) atoms. The van der Waals surface area contributed by atoms with Gasteiger partial charge < -0.3 is 5.73 Å². The Balaban J connectivity index is 1.71. The summed E-state index contributed by atoms with van der Waals surface area (Å²) in [6.45, 7) is 3.24. The van der Waals surface area contributed by atoms with Crippen molar-refractivity contribution >= 4 is 5.82 Å². The fraction of sp³-hybridized carbons (Fsp3) is 0.846. The third-order valence-corrected chi connectivity index (χ3v) is 3.49. The van der Waals surface area contributed by atoms with Crippen LogP contribution in [0.1, 0.15) is 69.9 Å². The Morgan fingerprint density at radius 2 is 1.88 bits per heavy atom. The molecule has 4 nitrogen and oxygen atoms in total. The third-order valence-electron chi connectivity index (χ3n) is 3.49. The Kier molecular flexibility index (Phi) is 4.40. The zero-order valence-corrected chi connectivity index (χ0v) is 10.9. The molecular formula is C13H24N4. The van der Waals surface area contributed by atoms with E-state index in [2.05, 4.69) is 17.2 Å². The van der Waals surface area contributed by atoms with Crippen LogP contribution >= 0.6 is 0 Å². The van der Waals surface area contributed by atoms with Crippen LogP contribution in [0.3, 0.4) is 0 Å². The Hall–Kier alpha value is -1.06. The highest BCUT2D eigenvalue weighted by Crippen LogP contribution is 2.41. The van der Waals surface area contributed by atoms with Gasteiger partial charge in [0.15, 0.2) is 5.82 Å². The average molecular weight is 236 g/mol. The second-order valence-electron chi connectivity index (χ2n) is 5.13. The molecule has 0 atom stereocenters. The van der Waals surface area contributed by atoms with Crippen molar-refractivity contribution in [3.8, 4) is 0 Å². The molecule has 0 unspecified atom stereocenters. The van der Waals surface area contributed by atoms with E-state index in [1.165, 1.54) is 57.1 Å². The fourth-order valence-electron chi connectivity index (χ4n) is 2.32. The van der Waals surface area contributed by atoms with Crippen molar-refractivity contribution in [3.05, 3.63) is 5.69 Å². The number of nitrogens with two attached hydrogens (primary N) is 1. The second-order valence-corrected chi connectivity index (χ2v) is 5.13. The van der Waals surface area contributed by atoms with Gasteiger partial charge in [-0.15, -0.1) is 5.10 Å². The standard InChI is InChI=1S/C13H24N4/c1-2-3-4-5-6-7-10-17-12(11-8-9-11)13(14)15-16-17/h11H,2-10,14H2,1H3. The summed E-state index contributed by atoms with van der Waals surface area (Å²) >= 11 is 0. The van der Waals surface area contributed by atoms with Crippen LogP contribution in [0, 0.1) is 0 Å². The van der Waals surface area contributed by atoms with E-state index in [4.69, 9.17) is 5.73 Å². The van der Waals surface area contributed by atoms with Crippen LogP contribution < -0.4 is 5.73 Å². The molecule has 1 aromatic heterocycles.